The Hall–Kier alpha value is -0.420. The van der Waals surface area contributed by atoms with E-state index in [9.17, 15) is 13.6 Å². The molecule has 0 aromatic rings. The van der Waals surface area contributed by atoms with Gasteiger partial charge < -0.3 is 0 Å². The fourth-order valence-corrected chi connectivity index (χ4v) is 1.55. The highest BCUT2D eigenvalue weighted by atomic mass is 32.2. The summed E-state index contributed by atoms with van der Waals surface area (Å²) in [5.41, 5.74) is 0. The van der Waals surface area contributed by atoms with Gasteiger partial charge in [0.2, 0.25) is 0 Å². The largest absolute Gasteiger partial charge is 0.347 e. The molecule has 0 saturated heterocycles. The van der Waals surface area contributed by atoms with Gasteiger partial charge in [0, 0.05) is 6.42 Å². The molecule has 0 amide bonds. The van der Waals surface area contributed by atoms with Gasteiger partial charge in [-0.1, -0.05) is 17.8 Å². The van der Waals surface area contributed by atoms with Crippen molar-refractivity contribution in [3.8, 4) is 0 Å². The van der Waals surface area contributed by atoms with Crippen molar-refractivity contribution in [3.63, 3.8) is 0 Å². The lowest BCUT2D eigenvalue weighted by atomic mass is 10.3. The SMILES string of the molecule is O=CC1(OC(F)F)CC=CS1. The zero-order valence-electron chi connectivity index (χ0n) is 5.50. The van der Waals surface area contributed by atoms with E-state index in [0.29, 0.717) is 6.29 Å². The van der Waals surface area contributed by atoms with Crippen LogP contribution in [-0.2, 0) is 9.53 Å². The van der Waals surface area contributed by atoms with Crippen molar-refractivity contribution in [1.82, 2.24) is 0 Å². The first-order valence-corrected chi connectivity index (χ1v) is 3.82. The number of carbonyl (C=O) groups is 1. The number of ether oxygens (including phenoxy) is 1. The molecule has 1 atom stereocenters. The average Bonchev–Trinajstić information content (AvgIpc) is 2.36. The van der Waals surface area contributed by atoms with Gasteiger partial charge in [0.05, 0.1) is 0 Å². The third-order valence-corrected chi connectivity index (χ3v) is 2.32. The lowest BCUT2D eigenvalue weighted by molar-refractivity contribution is -0.174. The molecule has 0 fully saturated rings. The molecule has 0 aromatic carbocycles. The molecule has 0 radical (unpaired) electrons. The van der Waals surface area contributed by atoms with Crippen LogP contribution in [0, 0.1) is 0 Å². The predicted molar refractivity (Wildman–Crippen MR) is 37.2 cm³/mol. The summed E-state index contributed by atoms with van der Waals surface area (Å²) in [5, 5.41) is 1.58. The molecule has 0 N–H and O–H groups in total. The van der Waals surface area contributed by atoms with Crippen LogP contribution in [0.3, 0.4) is 0 Å². The van der Waals surface area contributed by atoms with Gasteiger partial charge >= 0.3 is 6.61 Å². The summed E-state index contributed by atoms with van der Waals surface area (Å²) in [6.45, 7) is -2.90. The number of halogens is 2. The maximum Gasteiger partial charge on any atom is 0.347 e. The third kappa shape index (κ3) is 2.00. The highest BCUT2D eigenvalue weighted by Crippen LogP contribution is 2.36. The Morgan fingerprint density at radius 1 is 1.73 bits per heavy atom. The number of alkyl halides is 2. The molecule has 1 aliphatic rings. The van der Waals surface area contributed by atoms with E-state index < -0.39 is 11.5 Å². The minimum Gasteiger partial charge on any atom is -0.299 e. The van der Waals surface area contributed by atoms with Gasteiger partial charge in [-0.25, -0.2) is 0 Å². The monoisotopic (exact) mass is 180 g/mol. The summed E-state index contributed by atoms with van der Waals surface area (Å²) in [5.74, 6) is 0. The van der Waals surface area contributed by atoms with Crippen LogP contribution < -0.4 is 0 Å². The van der Waals surface area contributed by atoms with Gasteiger partial charge in [0.1, 0.15) is 0 Å². The number of hydrogen-bond donors (Lipinski definition) is 0. The van der Waals surface area contributed by atoms with Crippen LogP contribution in [0.5, 0.6) is 0 Å². The normalized spacial score (nSPS) is 29.7. The van der Waals surface area contributed by atoms with Crippen molar-refractivity contribution in [1.29, 1.82) is 0 Å². The second-order valence-electron chi connectivity index (χ2n) is 2.00. The van der Waals surface area contributed by atoms with E-state index in [-0.39, 0.29) is 6.42 Å². The Balaban J connectivity index is 2.54. The molecule has 1 aliphatic heterocycles. The Bertz CT molecular complexity index is 173. The fourth-order valence-electron chi connectivity index (χ4n) is 0.754. The van der Waals surface area contributed by atoms with Crippen LogP contribution in [0.1, 0.15) is 6.42 Å². The average molecular weight is 180 g/mol. The summed E-state index contributed by atoms with van der Waals surface area (Å²) in [7, 11) is 0. The van der Waals surface area contributed by atoms with Crippen LogP contribution in [-0.4, -0.2) is 17.8 Å². The summed E-state index contributed by atoms with van der Waals surface area (Å²) in [4.78, 5) is 8.98. The number of thioether (sulfide) groups is 1. The summed E-state index contributed by atoms with van der Waals surface area (Å²) in [6.07, 6.45) is 2.25. The van der Waals surface area contributed by atoms with Gasteiger partial charge in [-0.2, -0.15) is 8.78 Å². The minimum absolute atomic E-state index is 0.214. The van der Waals surface area contributed by atoms with E-state index in [2.05, 4.69) is 4.74 Å². The summed E-state index contributed by atoms with van der Waals surface area (Å²) < 4.78 is 27.5. The summed E-state index contributed by atoms with van der Waals surface area (Å²) >= 11 is 0.967. The van der Waals surface area contributed by atoms with Crippen molar-refractivity contribution >= 4 is 18.0 Å². The van der Waals surface area contributed by atoms with E-state index in [4.69, 9.17) is 0 Å². The van der Waals surface area contributed by atoms with E-state index in [1.807, 2.05) is 0 Å². The molecule has 0 aliphatic carbocycles. The molecule has 0 bridgehead atoms. The quantitative estimate of drug-likeness (QED) is 0.619. The first-order chi connectivity index (χ1) is 5.18. The van der Waals surface area contributed by atoms with Crippen molar-refractivity contribution < 1.29 is 18.3 Å². The first kappa shape index (κ1) is 8.67. The van der Waals surface area contributed by atoms with Crippen molar-refractivity contribution in [2.24, 2.45) is 0 Å². The van der Waals surface area contributed by atoms with Gasteiger partial charge in [-0.3, -0.25) is 9.53 Å². The summed E-state index contributed by atoms with van der Waals surface area (Å²) in [6, 6.07) is 0. The molecule has 0 saturated carbocycles. The maximum atomic E-state index is 11.7. The molecule has 1 heterocycles. The highest BCUT2D eigenvalue weighted by molar-refractivity contribution is 8.04. The molecule has 11 heavy (non-hydrogen) atoms. The van der Waals surface area contributed by atoms with Gasteiger partial charge in [-0.15, -0.1) is 0 Å². The van der Waals surface area contributed by atoms with Gasteiger partial charge in [0.15, 0.2) is 11.2 Å². The Labute approximate surface area is 66.6 Å². The molecule has 62 valence electrons. The molecule has 5 heteroatoms. The minimum atomic E-state index is -2.90. The van der Waals surface area contributed by atoms with Crippen LogP contribution >= 0.6 is 11.8 Å². The number of hydrogen-bond acceptors (Lipinski definition) is 3. The fraction of sp³-hybridized carbons (Fsp3) is 0.500. The second-order valence-corrected chi connectivity index (χ2v) is 3.20. The molecule has 0 spiro atoms. The lowest BCUT2D eigenvalue weighted by Gasteiger charge is -2.20. The Morgan fingerprint density at radius 3 is 2.82 bits per heavy atom. The van der Waals surface area contributed by atoms with E-state index >= 15 is 0 Å². The third-order valence-electron chi connectivity index (χ3n) is 1.23. The Kier molecular flexibility index (Phi) is 2.62. The van der Waals surface area contributed by atoms with Crippen LogP contribution in [0.2, 0.25) is 0 Å². The van der Waals surface area contributed by atoms with Crippen molar-refractivity contribution in [2.45, 2.75) is 18.0 Å². The van der Waals surface area contributed by atoms with Crippen LogP contribution in [0.15, 0.2) is 11.5 Å². The Morgan fingerprint density at radius 2 is 2.45 bits per heavy atom. The zero-order valence-corrected chi connectivity index (χ0v) is 6.31. The van der Waals surface area contributed by atoms with E-state index in [1.165, 1.54) is 0 Å². The molecular weight excluding hydrogens is 174 g/mol. The molecule has 2 nitrogen and oxygen atoms in total. The molecular formula is C6H6F2O2S. The van der Waals surface area contributed by atoms with E-state index in [1.54, 1.807) is 11.5 Å². The first-order valence-electron chi connectivity index (χ1n) is 2.94. The van der Waals surface area contributed by atoms with Crippen molar-refractivity contribution in [2.75, 3.05) is 0 Å². The smallest absolute Gasteiger partial charge is 0.299 e. The maximum absolute atomic E-state index is 11.7. The molecule has 1 rings (SSSR count). The zero-order chi connectivity index (χ0) is 8.32. The highest BCUT2D eigenvalue weighted by Gasteiger charge is 2.35. The standard InChI is InChI=1S/C6H6F2O2S/c7-5(8)10-6(4-9)2-1-3-11-6/h1,3-5H,2H2. The molecule has 0 aromatic heterocycles. The molecule has 1 unspecified atom stereocenters. The van der Waals surface area contributed by atoms with Crippen LogP contribution in [0.25, 0.3) is 0 Å². The van der Waals surface area contributed by atoms with Crippen molar-refractivity contribution in [3.05, 3.63) is 11.5 Å². The second kappa shape index (κ2) is 3.32. The predicted octanol–water partition coefficient (Wildman–Crippen LogP) is 1.77. The van der Waals surface area contributed by atoms with E-state index in [0.717, 1.165) is 11.8 Å². The van der Waals surface area contributed by atoms with Gasteiger partial charge in [-0.05, 0) is 5.41 Å². The number of rotatable bonds is 3. The number of aldehydes is 1. The van der Waals surface area contributed by atoms with Gasteiger partial charge in [0.25, 0.3) is 0 Å². The van der Waals surface area contributed by atoms with Crippen LogP contribution in [0.4, 0.5) is 8.78 Å². The lowest BCUT2D eigenvalue weighted by Crippen LogP contribution is -2.29. The topological polar surface area (TPSA) is 26.3 Å². The number of carbonyl (C=O) groups excluding carboxylic acids is 1.